The molecule has 2 heteroatoms. The van der Waals surface area contributed by atoms with Gasteiger partial charge in [-0.1, -0.05) is 73.7 Å². The van der Waals surface area contributed by atoms with E-state index in [1.807, 2.05) is 24.3 Å². The highest BCUT2D eigenvalue weighted by Crippen LogP contribution is 2.36. The molecule has 1 aliphatic carbocycles. The van der Waals surface area contributed by atoms with Gasteiger partial charge in [0.1, 0.15) is 0 Å². The average Bonchev–Trinajstić information content (AvgIpc) is 2.62. The molecule has 1 unspecified atom stereocenters. The van der Waals surface area contributed by atoms with Gasteiger partial charge in [-0.25, -0.2) is 9.97 Å². The Morgan fingerprint density at radius 3 is 2.17 bits per heavy atom. The van der Waals surface area contributed by atoms with Crippen LogP contribution in [0.3, 0.4) is 0 Å². The van der Waals surface area contributed by atoms with Crippen molar-refractivity contribution in [1.29, 1.82) is 0 Å². The van der Waals surface area contributed by atoms with Crippen molar-refractivity contribution in [3.8, 4) is 22.6 Å². The van der Waals surface area contributed by atoms with Gasteiger partial charge in [0.2, 0.25) is 0 Å². The van der Waals surface area contributed by atoms with E-state index >= 15 is 0 Å². The fourth-order valence-corrected chi connectivity index (χ4v) is 3.13. The molecule has 4 rings (SSSR count). The normalized spacial score (nSPS) is 16.1. The summed E-state index contributed by atoms with van der Waals surface area (Å²) in [6, 6.07) is 20.6. The molecule has 2 nitrogen and oxygen atoms in total. The van der Waals surface area contributed by atoms with Crippen LogP contribution in [0.2, 0.25) is 0 Å². The molecular weight excluding hydrogens is 280 g/mol. The van der Waals surface area contributed by atoms with Gasteiger partial charge >= 0.3 is 0 Å². The first-order valence-electron chi connectivity index (χ1n) is 8.02. The van der Waals surface area contributed by atoms with Crippen LogP contribution in [0.5, 0.6) is 0 Å². The maximum absolute atomic E-state index is 4.93. The van der Waals surface area contributed by atoms with Gasteiger partial charge in [-0.05, 0) is 18.4 Å². The fourth-order valence-electron chi connectivity index (χ4n) is 3.13. The molecule has 1 aromatic heterocycles. The summed E-state index contributed by atoms with van der Waals surface area (Å²) < 4.78 is 0. The van der Waals surface area contributed by atoms with Crippen molar-refractivity contribution in [2.75, 3.05) is 0 Å². The predicted octanol–water partition coefficient (Wildman–Crippen LogP) is 5.33. The number of allylic oxidation sites excluding steroid dienone is 1. The van der Waals surface area contributed by atoms with E-state index in [-0.39, 0.29) is 0 Å². The van der Waals surface area contributed by atoms with Gasteiger partial charge < -0.3 is 0 Å². The lowest BCUT2D eigenvalue weighted by Crippen LogP contribution is -2.08. The topological polar surface area (TPSA) is 25.8 Å². The van der Waals surface area contributed by atoms with Gasteiger partial charge in [0.25, 0.3) is 0 Å². The molecule has 0 saturated heterocycles. The molecular formula is C21H18N2. The smallest absolute Gasteiger partial charge is 0.160 e. The molecule has 0 radical (unpaired) electrons. The first-order valence-corrected chi connectivity index (χ1v) is 8.02. The van der Waals surface area contributed by atoms with E-state index in [1.165, 1.54) is 5.56 Å². The van der Waals surface area contributed by atoms with Gasteiger partial charge in [0.05, 0.1) is 11.4 Å². The molecule has 2 aromatic carbocycles. The Bertz CT molecular complexity index is 852. The molecule has 1 atom stereocenters. The Labute approximate surface area is 136 Å². The summed E-state index contributed by atoms with van der Waals surface area (Å²) in [4.78, 5) is 9.75. The number of aromatic nitrogens is 2. The number of nitrogens with zero attached hydrogens (tertiary/aromatic N) is 2. The lowest BCUT2D eigenvalue weighted by Gasteiger charge is -2.21. The van der Waals surface area contributed by atoms with E-state index in [4.69, 9.17) is 9.97 Å². The van der Waals surface area contributed by atoms with E-state index in [0.717, 1.165) is 34.8 Å². The SMILES string of the molecule is CC1CC=Cc2nc(-c3ccccc3)nc(-c3ccccc3)c21. The van der Waals surface area contributed by atoms with Crippen molar-refractivity contribution < 1.29 is 0 Å². The highest BCUT2D eigenvalue weighted by molar-refractivity contribution is 5.73. The molecule has 1 aliphatic rings. The first kappa shape index (κ1) is 13.9. The maximum Gasteiger partial charge on any atom is 0.160 e. The van der Waals surface area contributed by atoms with Crippen LogP contribution in [0.4, 0.5) is 0 Å². The summed E-state index contributed by atoms with van der Waals surface area (Å²) >= 11 is 0. The van der Waals surface area contributed by atoms with Crippen molar-refractivity contribution in [3.63, 3.8) is 0 Å². The van der Waals surface area contributed by atoms with Crippen molar-refractivity contribution in [2.24, 2.45) is 0 Å². The molecule has 112 valence electrons. The molecule has 3 aromatic rings. The van der Waals surface area contributed by atoms with Gasteiger partial charge in [-0.2, -0.15) is 0 Å². The van der Waals surface area contributed by atoms with Crippen LogP contribution >= 0.6 is 0 Å². The molecule has 0 amide bonds. The minimum atomic E-state index is 0.440. The zero-order chi connectivity index (χ0) is 15.6. The van der Waals surface area contributed by atoms with E-state index in [9.17, 15) is 0 Å². The minimum Gasteiger partial charge on any atom is -0.228 e. The van der Waals surface area contributed by atoms with E-state index in [1.54, 1.807) is 0 Å². The average molecular weight is 298 g/mol. The zero-order valence-electron chi connectivity index (χ0n) is 13.1. The molecule has 0 saturated carbocycles. The van der Waals surface area contributed by atoms with Crippen molar-refractivity contribution in [1.82, 2.24) is 9.97 Å². The molecule has 0 aliphatic heterocycles. The summed E-state index contributed by atoms with van der Waals surface area (Å²) in [5.41, 5.74) is 5.59. The standard InChI is InChI=1S/C21H18N2/c1-15-9-8-14-18-19(15)20(16-10-4-2-5-11-16)23-21(22-18)17-12-6-3-7-13-17/h2-8,10-15H,9H2,1H3. The number of hydrogen-bond acceptors (Lipinski definition) is 2. The minimum absolute atomic E-state index is 0.440. The van der Waals surface area contributed by atoms with Gasteiger partial charge in [0, 0.05) is 16.7 Å². The summed E-state index contributed by atoms with van der Waals surface area (Å²) in [6.07, 6.45) is 5.39. The third-order valence-electron chi connectivity index (χ3n) is 4.31. The second kappa shape index (κ2) is 5.81. The Balaban J connectivity index is 1.98. The molecule has 23 heavy (non-hydrogen) atoms. The summed E-state index contributed by atoms with van der Waals surface area (Å²) in [7, 11) is 0. The first-order chi connectivity index (χ1) is 11.3. The monoisotopic (exact) mass is 298 g/mol. The predicted molar refractivity (Wildman–Crippen MR) is 95.0 cm³/mol. The van der Waals surface area contributed by atoms with E-state index < -0.39 is 0 Å². The van der Waals surface area contributed by atoms with Crippen LogP contribution < -0.4 is 0 Å². The van der Waals surface area contributed by atoms with Gasteiger partial charge in [-0.3, -0.25) is 0 Å². The highest BCUT2D eigenvalue weighted by Gasteiger charge is 2.21. The van der Waals surface area contributed by atoms with Crippen LogP contribution in [0.1, 0.15) is 30.5 Å². The molecule has 1 heterocycles. The lowest BCUT2D eigenvalue weighted by atomic mass is 9.88. The third kappa shape index (κ3) is 2.57. The fraction of sp³-hybridized carbons (Fsp3) is 0.143. The molecule has 0 fully saturated rings. The second-order valence-electron chi connectivity index (χ2n) is 5.97. The Morgan fingerprint density at radius 1 is 0.826 bits per heavy atom. The van der Waals surface area contributed by atoms with E-state index in [0.29, 0.717) is 5.92 Å². The third-order valence-corrected chi connectivity index (χ3v) is 4.31. The molecule has 0 spiro atoms. The van der Waals surface area contributed by atoms with Crippen LogP contribution in [0.15, 0.2) is 66.7 Å². The summed E-state index contributed by atoms with van der Waals surface area (Å²) in [5.74, 6) is 1.23. The quantitative estimate of drug-likeness (QED) is 0.639. The van der Waals surface area contributed by atoms with Gasteiger partial charge in [0.15, 0.2) is 5.82 Å². The maximum atomic E-state index is 4.93. The number of rotatable bonds is 2. The number of benzene rings is 2. The van der Waals surface area contributed by atoms with Crippen molar-refractivity contribution in [2.45, 2.75) is 19.3 Å². The molecule has 0 bridgehead atoms. The van der Waals surface area contributed by atoms with E-state index in [2.05, 4.69) is 55.5 Å². The number of fused-ring (bicyclic) bond motifs is 1. The van der Waals surface area contributed by atoms with Crippen molar-refractivity contribution in [3.05, 3.63) is 78.0 Å². The van der Waals surface area contributed by atoms with Crippen LogP contribution in [-0.2, 0) is 0 Å². The van der Waals surface area contributed by atoms with Crippen LogP contribution in [0.25, 0.3) is 28.7 Å². The van der Waals surface area contributed by atoms with Crippen molar-refractivity contribution >= 4 is 6.08 Å². The molecule has 0 N–H and O–H groups in total. The second-order valence-corrected chi connectivity index (χ2v) is 5.97. The Kier molecular flexibility index (Phi) is 3.51. The highest BCUT2D eigenvalue weighted by atomic mass is 14.9. The Morgan fingerprint density at radius 2 is 1.48 bits per heavy atom. The summed E-state index contributed by atoms with van der Waals surface area (Å²) in [6.45, 7) is 2.25. The Hall–Kier alpha value is -2.74. The number of hydrogen-bond donors (Lipinski definition) is 0. The lowest BCUT2D eigenvalue weighted by molar-refractivity contribution is 0.760. The summed E-state index contributed by atoms with van der Waals surface area (Å²) in [5, 5.41) is 0. The van der Waals surface area contributed by atoms with Crippen LogP contribution in [-0.4, -0.2) is 9.97 Å². The largest absolute Gasteiger partial charge is 0.228 e. The zero-order valence-corrected chi connectivity index (χ0v) is 13.1. The van der Waals surface area contributed by atoms with Crippen LogP contribution in [0, 0.1) is 0 Å². The van der Waals surface area contributed by atoms with Gasteiger partial charge in [-0.15, -0.1) is 0 Å².